The van der Waals surface area contributed by atoms with Crippen molar-refractivity contribution in [1.29, 1.82) is 0 Å². The predicted molar refractivity (Wildman–Crippen MR) is 77.7 cm³/mol. The van der Waals surface area contributed by atoms with E-state index in [4.69, 9.17) is 17.3 Å². The number of fused-ring (bicyclic) bond motifs is 1. The number of rotatable bonds is 3. The van der Waals surface area contributed by atoms with Crippen LogP contribution in [0.5, 0.6) is 0 Å². The number of nitrogens with two attached hydrogens (primary N) is 1. The third-order valence-electron chi connectivity index (χ3n) is 2.22. The number of carbonyl (C=O) groups is 2. The SMILES string of the molecule is CC(Sc1nc2cc(Cl)ccc2s1)C(=O)NC(N)=O. The third kappa shape index (κ3) is 3.59. The minimum absolute atomic E-state index is 0.435. The Kier molecular flexibility index (Phi) is 4.28. The van der Waals surface area contributed by atoms with Crippen LogP contribution in [-0.4, -0.2) is 22.2 Å². The molecule has 2 aromatic rings. The van der Waals surface area contributed by atoms with Crippen molar-refractivity contribution < 1.29 is 9.59 Å². The molecule has 0 aliphatic heterocycles. The Labute approximate surface area is 122 Å². The van der Waals surface area contributed by atoms with Crippen LogP contribution in [0.4, 0.5) is 4.79 Å². The molecule has 0 saturated heterocycles. The Bertz CT molecular complexity index is 644. The lowest BCUT2D eigenvalue weighted by Crippen LogP contribution is -2.39. The Morgan fingerprint density at radius 1 is 1.53 bits per heavy atom. The lowest BCUT2D eigenvalue weighted by Gasteiger charge is -2.06. The average molecular weight is 316 g/mol. The fraction of sp³-hybridized carbons (Fsp3) is 0.182. The van der Waals surface area contributed by atoms with Crippen molar-refractivity contribution in [3.05, 3.63) is 23.2 Å². The highest BCUT2D eigenvalue weighted by Crippen LogP contribution is 2.33. The van der Waals surface area contributed by atoms with Gasteiger partial charge in [-0.25, -0.2) is 9.78 Å². The number of amides is 3. The van der Waals surface area contributed by atoms with Crippen molar-refractivity contribution in [2.24, 2.45) is 5.73 Å². The van der Waals surface area contributed by atoms with Crippen molar-refractivity contribution in [1.82, 2.24) is 10.3 Å². The Morgan fingerprint density at radius 3 is 2.95 bits per heavy atom. The molecule has 0 bridgehead atoms. The molecule has 0 fully saturated rings. The van der Waals surface area contributed by atoms with Crippen molar-refractivity contribution in [3.8, 4) is 0 Å². The molecule has 0 spiro atoms. The minimum Gasteiger partial charge on any atom is -0.351 e. The van der Waals surface area contributed by atoms with Gasteiger partial charge in [-0.2, -0.15) is 0 Å². The van der Waals surface area contributed by atoms with Gasteiger partial charge in [0.05, 0.1) is 15.5 Å². The Balaban J connectivity index is 2.12. The third-order valence-corrected chi connectivity index (χ3v) is 4.69. The van der Waals surface area contributed by atoms with E-state index in [2.05, 4.69) is 4.98 Å². The fourth-order valence-corrected chi connectivity index (χ4v) is 3.72. The van der Waals surface area contributed by atoms with Crippen LogP contribution in [-0.2, 0) is 4.79 Å². The number of aromatic nitrogens is 1. The molecule has 19 heavy (non-hydrogen) atoms. The molecular weight excluding hydrogens is 306 g/mol. The molecule has 0 radical (unpaired) electrons. The number of urea groups is 1. The van der Waals surface area contributed by atoms with Crippen LogP contribution < -0.4 is 11.1 Å². The summed E-state index contributed by atoms with van der Waals surface area (Å²) in [5, 5.41) is 2.20. The highest BCUT2D eigenvalue weighted by molar-refractivity contribution is 8.02. The van der Waals surface area contributed by atoms with Gasteiger partial charge in [-0.15, -0.1) is 11.3 Å². The van der Waals surface area contributed by atoms with E-state index in [-0.39, 0.29) is 0 Å². The Hall–Kier alpha value is -1.31. The van der Waals surface area contributed by atoms with Gasteiger partial charge in [-0.05, 0) is 25.1 Å². The maximum Gasteiger partial charge on any atom is 0.318 e. The summed E-state index contributed by atoms with van der Waals surface area (Å²) in [7, 11) is 0. The van der Waals surface area contributed by atoms with Gasteiger partial charge in [0.1, 0.15) is 0 Å². The van der Waals surface area contributed by atoms with Gasteiger partial charge in [0.15, 0.2) is 4.34 Å². The zero-order valence-corrected chi connectivity index (χ0v) is 12.2. The number of hydrogen-bond acceptors (Lipinski definition) is 5. The van der Waals surface area contributed by atoms with Crippen molar-refractivity contribution in [2.75, 3.05) is 0 Å². The van der Waals surface area contributed by atoms with E-state index >= 15 is 0 Å². The van der Waals surface area contributed by atoms with E-state index in [1.807, 2.05) is 11.4 Å². The van der Waals surface area contributed by atoms with Crippen LogP contribution in [0, 0.1) is 0 Å². The van der Waals surface area contributed by atoms with Crippen LogP contribution >= 0.6 is 34.7 Å². The number of nitrogens with one attached hydrogen (secondary N) is 1. The molecule has 3 N–H and O–H groups in total. The Morgan fingerprint density at radius 2 is 2.26 bits per heavy atom. The molecule has 3 amide bonds. The van der Waals surface area contributed by atoms with Gasteiger partial charge in [0, 0.05) is 5.02 Å². The lowest BCUT2D eigenvalue weighted by molar-refractivity contribution is -0.119. The zero-order valence-electron chi connectivity index (χ0n) is 9.84. The van der Waals surface area contributed by atoms with E-state index in [0.717, 1.165) is 14.6 Å². The summed E-state index contributed by atoms with van der Waals surface area (Å²) in [6.07, 6.45) is 0. The van der Waals surface area contributed by atoms with Gasteiger partial charge >= 0.3 is 6.03 Å². The second kappa shape index (κ2) is 5.77. The first-order valence-corrected chi connectivity index (χ1v) is 7.36. The predicted octanol–water partition coefficient (Wildman–Crippen LogP) is 2.63. The lowest BCUT2D eigenvalue weighted by atomic mass is 10.3. The monoisotopic (exact) mass is 315 g/mol. The first-order chi connectivity index (χ1) is 8.95. The van der Waals surface area contributed by atoms with E-state index in [1.165, 1.54) is 23.1 Å². The normalized spacial score (nSPS) is 12.3. The first-order valence-electron chi connectivity index (χ1n) is 5.29. The number of carbonyl (C=O) groups excluding carboxylic acids is 2. The summed E-state index contributed by atoms with van der Waals surface area (Å²) >= 11 is 8.62. The molecule has 100 valence electrons. The molecule has 1 atom stereocenters. The smallest absolute Gasteiger partial charge is 0.318 e. The van der Waals surface area contributed by atoms with Crippen LogP contribution in [0.1, 0.15) is 6.92 Å². The molecule has 0 aliphatic carbocycles. The van der Waals surface area contributed by atoms with Crippen LogP contribution in [0.15, 0.2) is 22.5 Å². The highest BCUT2D eigenvalue weighted by Gasteiger charge is 2.17. The summed E-state index contributed by atoms with van der Waals surface area (Å²) in [5.74, 6) is -0.435. The molecule has 1 aromatic carbocycles. The maximum atomic E-state index is 11.6. The van der Waals surface area contributed by atoms with E-state index in [9.17, 15) is 9.59 Å². The second-order valence-electron chi connectivity index (χ2n) is 3.71. The summed E-state index contributed by atoms with van der Waals surface area (Å²) in [6, 6.07) is 4.59. The number of imide groups is 1. The summed E-state index contributed by atoms with van der Waals surface area (Å²) in [6.45, 7) is 1.68. The molecule has 5 nitrogen and oxygen atoms in total. The van der Waals surface area contributed by atoms with Gasteiger partial charge in [0.25, 0.3) is 0 Å². The van der Waals surface area contributed by atoms with Crippen LogP contribution in [0.3, 0.4) is 0 Å². The molecular formula is C11H10ClN3O2S2. The number of hydrogen-bond donors (Lipinski definition) is 2. The van der Waals surface area contributed by atoms with Gasteiger partial charge < -0.3 is 5.73 Å². The average Bonchev–Trinajstić information content (AvgIpc) is 2.69. The largest absolute Gasteiger partial charge is 0.351 e. The molecule has 0 saturated carbocycles. The summed E-state index contributed by atoms with van der Waals surface area (Å²) < 4.78 is 1.73. The minimum atomic E-state index is -0.853. The van der Waals surface area contributed by atoms with E-state index in [1.54, 1.807) is 19.1 Å². The van der Waals surface area contributed by atoms with Gasteiger partial charge in [-0.1, -0.05) is 23.4 Å². The molecule has 1 heterocycles. The maximum absolute atomic E-state index is 11.6. The highest BCUT2D eigenvalue weighted by atomic mass is 35.5. The number of halogens is 1. The second-order valence-corrected chi connectivity index (χ2v) is 6.76. The molecule has 1 unspecified atom stereocenters. The summed E-state index contributed by atoms with van der Waals surface area (Å²) in [4.78, 5) is 26.5. The molecule has 2 rings (SSSR count). The van der Waals surface area contributed by atoms with E-state index < -0.39 is 17.2 Å². The number of primary amides is 1. The molecule has 0 aliphatic rings. The quantitative estimate of drug-likeness (QED) is 0.853. The number of benzene rings is 1. The molecule has 1 aromatic heterocycles. The van der Waals surface area contributed by atoms with Crippen molar-refractivity contribution in [2.45, 2.75) is 16.5 Å². The van der Waals surface area contributed by atoms with Crippen LogP contribution in [0.2, 0.25) is 5.02 Å². The van der Waals surface area contributed by atoms with Gasteiger partial charge in [-0.3, -0.25) is 10.1 Å². The van der Waals surface area contributed by atoms with Crippen molar-refractivity contribution in [3.63, 3.8) is 0 Å². The van der Waals surface area contributed by atoms with Crippen molar-refractivity contribution >= 4 is 56.9 Å². The van der Waals surface area contributed by atoms with E-state index in [0.29, 0.717) is 5.02 Å². The number of thiazole rings is 1. The summed E-state index contributed by atoms with van der Waals surface area (Å²) in [5.41, 5.74) is 5.69. The van der Waals surface area contributed by atoms with Gasteiger partial charge in [0.2, 0.25) is 5.91 Å². The first kappa shape index (κ1) is 14.1. The standard InChI is InChI=1S/C11H10ClN3O2S2/c1-5(9(16)15-10(13)17)18-11-14-7-4-6(12)2-3-8(7)19-11/h2-5H,1H3,(H3,13,15,16,17). The topological polar surface area (TPSA) is 85.1 Å². The number of nitrogens with zero attached hydrogens (tertiary/aromatic N) is 1. The fourth-order valence-electron chi connectivity index (χ4n) is 1.36. The van der Waals surface area contributed by atoms with Crippen LogP contribution in [0.25, 0.3) is 10.2 Å². The zero-order chi connectivity index (χ0) is 14.0. The molecule has 8 heteroatoms. The number of thioether (sulfide) groups is 1.